The van der Waals surface area contributed by atoms with E-state index in [1.54, 1.807) is 0 Å². The van der Waals surface area contributed by atoms with E-state index in [1.165, 1.54) is 19.5 Å². The summed E-state index contributed by atoms with van der Waals surface area (Å²) in [6, 6.07) is 2.19. The minimum Gasteiger partial charge on any atom is -0.347 e. The van der Waals surface area contributed by atoms with Crippen LogP contribution in [-0.2, 0) is 6.54 Å². The number of aromatic nitrogens is 2. The lowest BCUT2D eigenvalue weighted by Crippen LogP contribution is -2.69. The summed E-state index contributed by atoms with van der Waals surface area (Å²) in [6.45, 7) is 10.1. The second kappa shape index (κ2) is 4.10. The van der Waals surface area contributed by atoms with Gasteiger partial charge in [0.2, 0.25) is 0 Å². The highest BCUT2D eigenvalue weighted by Gasteiger charge is 2.44. The third kappa shape index (κ3) is 2.00. The van der Waals surface area contributed by atoms with Crippen LogP contribution < -0.4 is 0 Å². The molecule has 4 nitrogen and oxygen atoms in total. The normalized spacial score (nSPS) is 29.6. The molecule has 2 saturated heterocycles. The summed E-state index contributed by atoms with van der Waals surface area (Å²) in [5.74, 6) is 1.12. The van der Waals surface area contributed by atoms with Crippen LogP contribution in [0.25, 0.3) is 0 Å². The van der Waals surface area contributed by atoms with Crippen molar-refractivity contribution in [3.63, 3.8) is 0 Å². The summed E-state index contributed by atoms with van der Waals surface area (Å²) in [5.41, 5.74) is 1.09. The lowest BCUT2D eigenvalue weighted by atomic mass is 9.86. The molecule has 1 N–H and O–H groups in total. The van der Waals surface area contributed by atoms with E-state index in [-0.39, 0.29) is 0 Å². The lowest BCUT2D eigenvalue weighted by molar-refractivity contribution is -0.0846. The first-order chi connectivity index (χ1) is 8.13. The molecule has 0 amide bonds. The van der Waals surface area contributed by atoms with E-state index in [4.69, 9.17) is 0 Å². The van der Waals surface area contributed by atoms with Crippen LogP contribution in [0.1, 0.15) is 31.8 Å². The fraction of sp³-hybridized carbons (Fsp3) is 0.769. The Morgan fingerprint density at radius 2 is 2.12 bits per heavy atom. The van der Waals surface area contributed by atoms with Gasteiger partial charge in [-0.05, 0) is 27.2 Å². The Bertz CT molecular complexity index is 386. The number of nitrogens with one attached hydrogen (secondary N) is 1. The Morgan fingerprint density at radius 1 is 1.41 bits per heavy atom. The van der Waals surface area contributed by atoms with Gasteiger partial charge in [0.1, 0.15) is 5.82 Å². The molecule has 4 heteroatoms. The molecule has 3 heterocycles. The van der Waals surface area contributed by atoms with Crippen molar-refractivity contribution in [3.05, 3.63) is 17.7 Å². The number of rotatable bonds is 3. The average molecular weight is 234 g/mol. The van der Waals surface area contributed by atoms with E-state index in [0.29, 0.717) is 6.04 Å². The predicted octanol–water partition coefficient (Wildman–Crippen LogP) is 1.39. The highest BCUT2D eigenvalue weighted by Crippen LogP contribution is 2.33. The largest absolute Gasteiger partial charge is 0.347 e. The molecule has 0 spiro atoms. The molecular weight excluding hydrogens is 212 g/mol. The van der Waals surface area contributed by atoms with Crippen LogP contribution in [0.3, 0.4) is 0 Å². The summed E-state index contributed by atoms with van der Waals surface area (Å²) in [4.78, 5) is 13.0. The van der Waals surface area contributed by atoms with Crippen molar-refractivity contribution < 1.29 is 0 Å². The number of hydrogen-bond donors (Lipinski definition) is 1. The predicted molar refractivity (Wildman–Crippen MR) is 67.8 cm³/mol. The quantitative estimate of drug-likeness (QED) is 0.858. The van der Waals surface area contributed by atoms with Gasteiger partial charge < -0.3 is 4.98 Å². The van der Waals surface area contributed by atoms with Crippen LogP contribution in [0, 0.1) is 6.92 Å². The van der Waals surface area contributed by atoms with E-state index < -0.39 is 0 Å². The first kappa shape index (κ1) is 11.2. The van der Waals surface area contributed by atoms with Gasteiger partial charge >= 0.3 is 0 Å². The molecule has 1 aromatic heterocycles. The number of likely N-dealkylation sites (tertiary alicyclic amines) is 2. The molecule has 1 aromatic rings. The van der Waals surface area contributed by atoms with Crippen LogP contribution in [0.2, 0.25) is 0 Å². The molecule has 2 aliphatic heterocycles. The molecule has 0 aromatic carbocycles. The van der Waals surface area contributed by atoms with Crippen molar-refractivity contribution in [2.24, 2.45) is 0 Å². The van der Waals surface area contributed by atoms with Gasteiger partial charge in [0.15, 0.2) is 0 Å². The highest BCUT2D eigenvalue weighted by atomic mass is 15.4. The smallest absolute Gasteiger partial charge is 0.120 e. The number of piperazine rings is 1. The third-order valence-electron chi connectivity index (χ3n) is 4.19. The van der Waals surface area contributed by atoms with Gasteiger partial charge in [-0.3, -0.25) is 9.80 Å². The monoisotopic (exact) mass is 234 g/mol. The van der Waals surface area contributed by atoms with E-state index >= 15 is 0 Å². The summed E-state index contributed by atoms with van der Waals surface area (Å²) >= 11 is 0. The number of hydrogen-bond acceptors (Lipinski definition) is 3. The van der Waals surface area contributed by atoms with Crippen LogP contribution in [0.4, 0.5) is 0 Å². The number of piperidine rings is 1. The Labute approximate surface area is 103 Å². The Hall–Kier alpha value is -0.870. The maximum absolute atomic E-state index is 4.50. The third-order valence-corrected chi connectivity index (χ3v) is 4.19. The molecule has 2 unspecified atom stereocenters. The van der Waals surface area contributed by atoms with Crippen LogP contribution in [-0.4, -0.2) is 51.0 Å². The lowest BCUT2D eigenvalue weighted by Gasteiger charge is -2.57. The maximum atomic E-state index is 4.50. The van der Waals surface area contributed by atoms with Gasteiger partial charge in [0, 0.05) is 37.4 Å². The van der Waals surface area contributed by atoms with E-state index in [9.17, 15) is 0 Å². The zero-order valence-corrected chi connectivity index (χ0v) is 11.0. The molecule has 94 valence electrons. The molecule has 2 aliphatic rings. The fourth-order valence-corrected chi connectivity index (χ4v) is 3.12. The number of H-pyrrole nitrogens is 1. The molecule has 2 fully saturated rings. The van der Waals surface area contributed by atoms with Gasteiger partial charge in [0.25, 0.3) is 0 Å². The zero-order valence-electron chi connectivity index (χ0n) is 11.0. The molecular formula is C13H22N4. The molecule has 0 radical (unpaired) electrons. The SMILES string of the molecule is Cc1c[nH]c(CN2C3CC2CN(C(C)C)C3)n1. The topological polar surface area (TPSA) is 35.2 Å². The number of aromatic amines is 1. The van der Waals surface area contributed by atoms with Crippen LogP contribution in [0.15, 0.2) is 6.20 Å². The standard InChI is InChI=1S/C13H22N4/c1-9(2)16-6-11-4-12(7-16)17(11)8-13-14-5-10(3)15-13/h5,9,11-12H,4,6-8H2,1-3H3,(H,14,15). The molecule has 2 bridgehead atoms. The van der Waals surface area contributed by atoms with E-state index in [0.717, 1.165) is 30.1 Å². The number of imidazole rings is 1. The van der Waals surface area contributed by atoms with Crippen molar-refractivity contribution in [2.45, 2.75) is 51.9 Å². The van der Waals surface area contributed by atoms with Gasteiger partial charge in [-0.2, -0.15) is 0 Å². The van der Waals surface area contributed by atoms with Gasteiger partial charge in [0.05, 0.1) is 12.2 Å². The van der Waals surface area contributed by atoms with Crippen molar-refractivity contribution in [2.75, 3.05) is 13.1 Å². The summed E-state index contributed by atoms with van der Waals surface area (Å²) in [5, 5.41) is 0. The second-order valence-electron chi connectivity index (χ2n) is 5.75. The summed E-state index contributed by atoms with van der Waals surface area (Å²) in [7, 11) is 0. The van der Waals surface area contributed by atoms with Crippen LogP contribution >= 0.6 is 0 Å². The summed E-state index contributed by atoms with van der Waals surface area (Å²) in [6.07, 6.45) is 3.37. The Morgan fingerprint density at radius 3 is 2.65 bits per heavy atom. The van der Waals surface area contributed by atoms with E-state index in [2.05, 4.69) is 33.6 Å². The maximum Gasteiger partial charge on any atom is 0.120 e. The van der Waals surface area contributed by atoms with Crippen LogP contribution in [0.5, 0.6) is 0 Å². The molecule has 3 rings (SSSR count). The minimum absolute atomic E-state index is 0.688. The number of nitrogens with zero attached hydrogens (tertiary/aromatic N) is 3. The average Bonchev–Trinajstić information content (AvgIpc) is 2.72. The van der Waals surface area contributed by atoms with Gasteiger partial charge in [-0.25, -0.2) is 4.98 Å². The minimum atomic E-state index is 0.688. The second-order valence-corrected chi connectivity index (χ2v) is 5.75. The summed E-state index contributed by atoms with van der Waals surface area (Å²) < 4.78 is 0. The highest BCUT2D eigenvalue weighted by molar-refractivity contribution is 5.05. The number of fused-ring (bicyclic) bond motifs is 2. The first-order valence-corrected chi connectivity index (χ1v) is 6.64. The van der Waals surface area contributed by atoms with Crippen molar-refractivity contribution in [1.29, 1.82) is 0 Å². The fourth-order valence-electron chi connectivity index (χ4n) is 3.12. The van der Waals surface area contributed by atoms with E-state index in [1.807, 2.05) is 13.1 Å². The first-order valence-electron chi connectivity index (χ1n) is 6.64. The molecule has 0 aliphatic carbocycles. The van der Waals surface area contributed by atoms with Gasteiger partial charge in [-0.1, -0.05) is 0 Å². The Balaban J connectivity index is 1.61. The number of aryl methyl sites for hydroxylation is 1. The molecule has 2 atom stereocenters. The Kier molecular flexibility index (Phi) is 2.71. The molecule has 17 heavy (non-hydrogen) atoms. The molecule has 0 saturated carbocycles. The zero-order chi connectivity index (χ0) is 12.0. The van der Waals surface area contributed by atoms with Crippen molar-refractivity contribution in [1.82, 2.24) is 19.8 Å². The van der Waals surface area contributed by atoms with Crippen molar-refractivity contribution >= 4 is 0 Å². The van der Waals surface area contributed by atoms with Gasteiger partial charge in [-0.15, -0.1) is 0 Å². The van der Waals surface area contributed by atoms with Crippen molar-refractivity contribution in [3.8, 4) is 0 Å².